The summed E-state index contributed by atoms with van der Waals surface area (Å²) in [5, 5.41) is 6.14. The number of nitrogens with zero attached hydrogens (tertiary/aromatic N) is 3. The molecular formula is C22H25N5O4S2. The van der Waals surface area contributed by atoms with E-state index in [1.165, 1.54) is 10.4 Å². The first-order valence-corrected chi connectivity index (χ1v) is 12.2. The molecule has 11 heteroatoms. The summed E-state index contributed by atoms with van der Waals surface area (Å²) in [6.07, 6.45) is 0. The number of anilines is 2. The van der Waals surface area contributed by atoms with Gasteiger partial charge in [-0.1, -0.05) is 24.3 Å². The van der Waals surface area contributed by atoms with Gasteiger partial charge in [-0.25, -0.2) is 13.1 Å². The highest BCUT2D eigenvalue weighted by Gasteiger charge is 2.26. The highest BCUT2D eigenvalue weighted by molar-refractivity contribution is 7.89. The maximum Gasteiger partial charge on any atom is 0.295 e. The monoisotopic (exact) mass is 487 g/mol. The number of thiocarbonyl (C=S) groups is 1. The van der Waals surface area contributed by atoms with E-state index in [-0.39, 0.29) is 15.6 Å². The Balaban J connectivity index is 1.54. The molecule has 2 aromatic carbocycles. The number of hydrogen-bond donors (Lipinski definition) is 2. The van der Waals surface area contributed by atoms with Gasteiger partial charge in [0.1, 0.15) is 5.69 Å². The lowest BCUT2D eigenvalue weighted by molar-refractivity contribution is 0.0730. The normalized spacial score (nSPS) is 14.7. The average Bonchev–Trinajstić information content (AvgIpc) is 3.03. The topological polar surface area (TPSA) is 97.6 Å². The molecular weight excluding hydrogens is 462 g/mol. The number of hydrogen-bond acceptors (Lipinski definition) is 5. The van der Waals surface area contributed by atoms with Crippen molar-refractivity contribution >= 4 is 38.7 Å². The molecule has 4 rings (SSSR count). The lowest BCUT2D eigenvalue weighted by atomic mass is 10.3. The third-order valence-electron chi connectivity index (χ3n) is 5.49. The first kappa shape index (κ1) is 23.2. The van der Waals surface area contributed by atoms with Gasteiger partial charge in [-0.3, -0.25) is 9.48 Å². The summed E-state index contributed by atoms with van der Waals surface area (Å²) in [5.41, 5.74) is 2.04. The van der Waals surface area contributed by atoms with Crippen molar-refractivity contribution in [3.8, 4) is 5.69 Å². The van der Waals surface area contributed by atoms with E-state index in [1.807, 2.05) is 37.3 Å². The van der Waals surface area contributed by atoms with Crippen LogP contribution in [0.4, 0.5) is 11.4 Å². The fourth-order valence-electron chi connectivity index (χ4n) is 3.66. The lowest BCUT2D eigenvalue weighted by Crippen LogP contribution is -2.40. The number of morpholine rings is 1. The maximum absolute atomic E-state index is 13.1. The van der Waals surface area contributed by atoms with Crippen molar-refractivity contribution in [3.05, 3.63) is 70.6 Å². The molecule has 9 nitrogen and oxygen atoms in total. The Morgan fingerprint density at radius 3 is 2.42 bits per heavy atom. The molecule has 1 aliphatic rings. The quantitative estimate of drug-likeness (QED) is 0.533. The first-order chi connectivity index (χ1) is 15.8. The van der Waals surface area contributed by atoms with Crippen molar-refractivity contribution in [1.82, 2.24) is 13.7 Å². The van der Waals surface area contributed by atoms with Crippen LogP contribution in [0.25, 0.3) is 5.69 Å². The van der Waals surface area contributed by atoms with Gasteiger partial charge in [0.05, 0.1) is 29.5 Å². The van der Waals surface area contributed by atoms with Crippen molar-refractivity contribution in [2.24, 2.45) is 7.05 Å². The summed E-state index contributed by atoms with van der Waals surface area (Å²) < 4.78 is 35.8. The predicted octanol–water partition coefficient (Wildman–Crippen LogP) is 2.31. The molecule has 0 aliphatic carbocycles. The number of nitrogens with one attached hydrogen (secondary N) is 2. The van der Waals surface area contributed by atoms with E-state index in [4.69, 9.17) is 17.0 Å². The van der Waals surface area contributed by atoms with E-state index in [0.717, 1.165) is 5.69 Å². The number of para-hydroxylation sites is 1. The minimum atomic E-state index is -3.63. The van der Waals surface area contributed by atoms with Crippen molar-refractivity contribution in [2.75, 3.05) is 36.9 Å². The van der Waals surface area contributed by atoms with Crippen LogP contribution >= 0.6 is 12.2 Å². The summed E-state index contributed by atoms with van der Waals surface area (Å²) >= 11 is 5.41. The highest BCUT2D eigenvalue weighted by Crippen LogP contribution is 2.21. The summed E-state index contributed by atoms with van der Waals surface area (Å²) in [4.78, 5) is 13.2. The molecule has 1 aromatic heterocycles. The van der Waals surface area contributed by atoms with Gasteiger partial charge in [-0.05, 0) is 49.5 Å². The van der Waals surface area contributed by atoms with Gasteiger partial charge >= 0.3 is 0 Å². The van der Waals surface area contributed by atoms with E-state index in [1.54, 1.807) is 34.6 Å². The van der Waals surface area contributed by atoms with Crippen LogP contribution in [0.15, 0.2) is 64.3 Å². The zero-order valence-corrected chi connectivity index (χ0v) is 19.9. The molecule has 0 amide bonds. The Bertz CT molecular complexity index is 1330. The zero-order valence-electron chi connectivity index (χ0n) is 18.3. The van der Waals surface area contributed by atoms with Crippen LogP contribution in [0.1, 0.15) is 5.69 Å². The predicted molar refractivity (Wildman–Crippen MR) is 132 cm³/mol. The second-order valence-corrected chi connectivity index (χ2v) is 9.91. The number of aromatic nitrogens is 2. The Morgan fingerprint density at radius 2 is 1.73 bits per heavy atom. The molecule has 0 radical (unpaired) electrons. The van der Waals surface area contributed by atoms with Crippen LogP contribution in [0.5, 0.6) is 0 Å². The van der Waals surface area contributed by atoms with Crippen molar-refractivity contribution in [3.63, 3.8) is 0 Å². The number of benzene rings is 2. The van der Waals surface area contributed by atoms with Gasteiger partial charge < -0.3 is 15.4 Å². The van der Waals surface area contributed by atoms with E-state index < -0.39 is 10.0 Å². The van der Waals surface area contributed by atoms with E-state index in [0.29, 0.717) is 43.4 Å². The molecule has 3 aromatic rings. The zero-order chi connectivity index (χ0) is 23.6. The van der Waals surface area contributed by atoms with Gasteiger partial charge in [0, 0.05) is 25.8 Å². The SMILES string of the molecule is Cc1c(NC(=S)Nc2cccc(S(=O)(=O)N3CCOCC3)c2)c(=O)n(-c2ccccc2)n1C. The Hall–Kier alpha value is -2.99. The van der Waals surface area contributed by atoms with Gasteiger partial charge in [-0.15, -0.1) is 0 Å². The summed E-state index contributed by atoms with van der Waals surface area (Å²) in [5.74, 6) is 0. The maximum atomic E-state index is 13.1. The number of sulfonamides is 1. The second kappa shape index (κ2) is 9.48. The van der Waals surface area contributed by atoms with Crippen molar-refractivity contribution in [1.29, 1.82) is 0 Å². The Kier molecular flexibility index (Phi) is 6.66. The van der Waals surface area contributed by atoms with Crippen LogP contribution in [-0.2, 0) is 21.8 Å². The van der Waals surface area contributed by atoms with Crippen LogP contribution in [-0.4, -0.2) is 53.5 Å². The van der Waals surface area contributed by atoms with Crippen molar-refractivity contribution < 1.29 is 13.2 Å². The largest absolute Gasteiger partial charge is 0.379 e. The fraction of sp³-hybridized carbons (Fsp3) is 0.273. The molecule has 2 heterocycles. The van der Waals surface area contributed by atoms with Gasteiger partial charge in [0.15, 0.2) is 5.11 Å². The molecule has 0 atom stereocenters. The van der Waals surface area contributed by atoms with Crippen LogP contribution < -0.4 is 16.2 Å². The third kappa shape index (κ3) is 4.71. The minimum Gasteiger partial charge on any atom is -0.379 e. The van der Waals surface area contributed by atoms with Crippen molar-refractivity contribution in [2.45, 2.75) is 11.8 Å². The number of rotatable bonds is 5. The van der Waals surface area contributed by atoms with Gasteiger partial charge in [0.25, 0.3) is 5.56 Å². The van der Waals surface area contributed by atoms with Gasteiger partial charge in [0.2, 0.25) is 10.0 Å². The lowest BCUT2D eigenvalue weighted by Gasteiger charge is -2.26. The van der Waals surface area contributed by atoms with Crippen LogP contribution in [0, 0.1) is 6.92 Å². The molecule has 174 valence electrons. The van der Waals surface area contributed by atoms with E-state index in [2.05, 4.69) is 10.6 Å². The molecule has 1 aliphatic heterocycles. The molecule has 0 spiro atoms. The molecule has 0 unspecified atom stereocenters. The first-order valence-electron chi connectivity index (χ1n) is 10.4. The molecule has 1 fully saturated rings. The smallest absolute Gasteiger partial charge is 0.295 e. The van der Waals surface area contributed by atoms with Crippen LogP contribution in [0.2, 0.25) is 0 Å². The minimum absolute atomic E-state index is 0.166. The Labute approximate surface area is 197 Å². The second-order valence-electron chi connectivity index (χ2n) is 7.56. The average molecular weight is 488 g/mol. The summed E-state index contributed by atoms with van der Waals surface area (Å²) in [6.45, 7) is 3.22. The standard InChI is InChI=1S/C22H25N5O4S2/c1-16-20(21(28)27(25(16)2)18-8-4-3-5-9-18)24-22(32)23-17-7-6-10-19(15-17)33(29,30)26-11-13-31-14-12-26/h3-10,15H,11-14H2,1-2H3,(H2,23,24,32). The molecule has 33 heavy (non-hydrogen) atoms. The molecule has 0 saturated carbocycles. The van der Waals surface area contributed by atoms with E-state index in [9.17, 15) is 13.2 Å². The molecule has 1 saturated heterocycles. The Morgan fingerprint density at radius 1 is 1.03 bits per heavy atom. The third-order valence-corrected chi connectivity index (χ3v) is 7.59. The summed E-state index contributed by atoms with van der Waals surface area (Å²) in [6, 6.07) is 15.7. The van der Waals surface area contributed by atoms with Gasteiger partial charge in [-0.2, -0.15) is 4.31 Å². The summed E-state index contributed by atoms with van der Waals surface area (Å²) in [7, 11) is -1.84. The molecule has 2 N–H and O–H groups in total. The number of ether oxygens (including phenoxy) is 1. The van der Waals surface area contributed by atoms with Crippen LogP contribution in [0.3, 0.4) is 0 Å². The van der Waals surface area contributed by atoms with E-state index >= 15 is 0 Å². The highest BCUT2D eigenvalue weighted by atomic mass is 32.2. The molecule has 0 bridgehead atoms. The fourth-order valence-corrected chi connectivity index (χ4v) is 5.33.